The summed E-state index contributed by atoms with van der Waals surface area (Å²) in [6, 6.07) is 12.8. The van der Waals surface area contributed by atoms with Crippen LogP contribution in [-0.2, 0) is 13.6 Å². The molecule has 1 aromatic heterocycles. The molecule has 6 nitrogen and oxygen atoms in total. The van der Waals surface area contributed by atoms with Gasteiger partial charge in [0.2, 0.25) is 0 Å². The van der Waals surface area contributed by atoms with E-state index in [1.807, 2.05) is 0 Å². The van der Waals surface area contributed by atoms with Crippen LogP contribution in [0.15, 0.2) is 54.7 Å². The van der Waals surface area contributed by atoms with Gasteiger partial charge in [-0.25, -0.2) is 9.37 Å². The molecule has 1 atom stereocenters. The minimum absolute atomic E-state index is 0.196. The van der Waals surface area contributed by atoms with E-state index in [1.165, 1.54) is 18.2 Å². The molecule has 9 heteroatoms. The molecule has 0 saturated carbocycles. The van der Waals surface area contributed by atoms with Gasteiger partial charge in [-0.3, -0.25) is 4.57 Å². The number of aromatic nitrogens is 1. The molecule has 170 valence electrons. The number of nitrogens with zero attached hydrogens (tertiary/aromatic N) is 1. The summed E-state index contributed by atoms with van der Waals surface area (Å²) in [5.74, 6) is 0.131. The van der Waals surface area contributed by atoms with Gasteiger partial charge in [0, 0.05) is 22.3 Å². The second-order valence-corrected chi connectivity index (χ2v) is 9.35. The number of nitrogen functional groups attached to an aromatic ring is 1. The summed E-state index contributed by atoms with van der Waals surface area (Å²) < 4.78 is 43.3. The Morgan fingerprint density at radius 3 is 2.34 bits per heavy atom. The van der Waals surface area contributed by atoms with E-state index in [9.17, 15) is 8.96 Å². The Morgan fingerprint density at radius 2 is 1.72 bits per heavy atom. The van der Waals surface area contributed by atoms with Crippen molar-refractivity contribution < 1.29 is 22.7 Å². The molecule has 0 aliphatic rings. The van der Waals surface area contributed by atoms with Crippen molar-refractivity contribution in [1.82, 2.24) is 4.98 Å². The van der Waals surface area contributed by atoms with E-state index < -0.39 is 19.5 Å². The summed E-state index contributed by atoms with van der Waals surface area (Å²) in [7, 11) is -3.37. The van der Waals surface area contributed by atoms with E-state index in [1.54, 1.807) is 57.3 Å². The summed E-state index contributed by atoms with van der Waals surface area (Å²) in [5, 5.41) is 0.865. The Kier molecular flexibility index (Phi) is 7.91. The van der Waals surface area contributed by atoms with Gasteiger partial charge in [-0.05, 0) is 62.7 Å². The minimum Gasteiger partial charge on any atom is -0.482 e. The summed E-state index contributed by atoms with van der Waals surface area (Å²) >= 11 is 6.18. The van der Waals surface area contributed by atoms with Crippen LogP contribution in [0, 0.1) is 5.82 Å². The number of halogens is 2. The van der Waals surface area contributed by atoms with Crippen LogP contribution in [0.3, 0.4) is 0 Å². The number of rotatable bonds is 9. The third kappa shape index (κ3) is 5.48. The van der Waals surface area contributed by atoms with Crippen LogP contribution in [-0.4, -0.2) is 18.2 Å². The van der Waals surface area contributed by atoms with Crippen LogP contribution in [0.1, 0.15) is 32.4 Å². The first kappa shape index (κ1) is 24.2. The number of pyridine rings is 1. The fourth-order valence-corrected chi connectivity index (χ4v) is 4.99. The molecule has 3 rings (SSSR count). The lowest BCUT2D eigenvalue weighted by atomic mass is 10.1. The smallest absolute Gasteiger partial charge is 0.361 e. The van der Waals surface area contributed by atoms with Gasteiger partial charge in [0.25, 0.3) is 0 Å². The van der Waals surface area contributed by atoms with E-state index in [0.29, 0.717) is 21.6 Å². The highest BCUT2D eigenvalue weighted by Gasteiger charge is 2.26. The molecule has 0 saturated heterocycles. The van der Waals surface area contributed by atoms with Gasteiger partial charge in [-0.2, -0.15) is 0 Å². The molecule has 2 aromatic carbocycles. The Balaban J connectivity index is 1.87. The number of ether oxygens (including phenoxy) is 1. The molecule has 32 heavy (non-hydrogen) atoms. The van der Waals surface area contributed by atoms with Gasteiger partial charge in [0.05, 0.1) is 18.5 Å². The molecule has 0 aliphatic carbocycles. The largest absolute Gasteiger partial charge is 0.482 e. The van der Waals surface area contributed by atoms with Gasteiger partial charge in [0.15, 0.2) is 11.6 Å². The van der Waals surface area contributed by atoms with Crippen molar-refractivity contribution in [2.24, 2.45) is 0 Å². The maximum Gasteiger partial charge on any atom is 0.361 e. The van der Waals surface area contributed by atoms with Crippen LogP contribution >= 0.6 is 19.2 Å². The van der Waals surface area contributed by atoms with Crippen LogP contribution in [0.4, 0.5) is 10.2 Å². The van der Waals surface area contributed by atoms with Crippen molar-refractivity contribution in [3.8, 4) is 16.9 Å². The topological polar surface area (TPSA) is 83.7 Å². The Labute approximate surface area is 192 Å². The molecular weight excluding hydrogens is 454 g/mol. The van der Waals surface area contributed by atoms with Crippen molar-refractivity contribution in [1.29, 1.82) is 0 Å². The molecule has 0 amide bonds. The molecule has 0 bridgehead atoms. The molecule has 2 N–H and O–H groups in total. The Bertz CT molecular complexity index is 1120. The summed E-state index contributed by atoms with van der Waals surface area (Å²) in [4.78, 5) is 4.21. The van der Waals surface area contributed by atoms with Crippen LogP contribution in [0.25, 0.3) is 11.1 Å². The average Bonchev–Trinajstić information content (AvgIpc) is 2.77. The number of benzene rings is 2. The average molecular weight is 479 g/mol. The normalized spacial score (nSPS) is 12.5. The molecule has 1 unspecified atom stereocenters. The van der Waals surface area contributed by atoms with Crippen molar-refractivity contribution >= 4 is 30.3 Å². The van der Waals surface area contributed by atoms with E-state index >= 15 is 0 Å². The lowest BCUT2D eigenvalue weighted by molar-refractivity contribution is 0.227. The van der Waals surface area contributed by atoms with Gasteiger partial charge in [-0.15, -0.1) is 0 Å². The van der Waals surface area contributed by atoms with E-state index in [2.05, 4.69) is 4.98 Å². The zero-order valence-corrected chi connectivity index (χ0v) is 19.7. The number of nitrogens with two attached hydrogens (primary N) is 1. The number of hydrogen-bond acceptors (Lipinski definition) is 6. The van der Waals surface area contributed by atoms with Gasteiger partial charge < -0.3 is 19.5 Å². The highest BCUT2D eigenvalue weighted by atomic mass is 35.5. The minimum atomic E-state index is -3.37. The van der Waals surface area contributed by atoms with Crippen LogP contribution in [0.2, 0.25) is 5.02 Å². The first-order valence-corrected chi connectivity index (χ1v) is 12.1. The molecule has 0 spiro atoms. The van der Waals surface area contributed by atoms with Gasteiger partial charge in [-0.1, -0.05) is 23.7 Å². The maximum atomic E-state index is 13.6. The SMILES string of the molecule is CCOP(=O)(OCC)c1ccc(-c2cnc(N)c(OC(C)c3cc(F)ccc3Cl)c2)cc1. The Hall–Kier alpha value is -2.44. The zero-order valence-electron chi connectivity index (χ0n) is 18.0. The molecule has 0 fully saturated rings. The van der Waals surface area contributed by atoms with Crippen molar-refractivity contribution in [3.63, 3.8) is 0 Å². The van der Waals surface area contributed by atoms with Crippen molar-refractivity contribution in [3.05, 3.63) is 71.1 Å². The first-order valence-electron chi connectivity index (χ1n) is 10.1. The van der Waals surface area contributed by atoms with Crippen molar-refractivity contribution in [2.75, 3.05) is 18.9 Å². The highest BCUT2D eigenvalue weighted by molar-refractivity contribution is 7.62. The number of anilines is 1. The summed E-state index contributed by atoms with van der Waals surface area (Å²) in [6.07, 6.45) is 1.06. The van der Waals surface area contributed by atoms with Crippen LogP contribution < -0.4 is 15.8 Å². The molecular formula is C23H25ClFN2O4P. The summed E-state index contributed by atoms with van der Waals surface area (Å²) in [6.45, 7) is 5.82. The fourth-order valence-electron chi connectivity index (χ4n) is 3.15. The molecule has 0 radical (unpaired) electrons. The van der Waals surface area contributed by atoms with E-state index in [-0.39, 0.29) is 19.0 Å². The lowest BCUT2D eigenvalue weighted by Gasteiger charge is -2.19. The third-order valence-electron chi connectivity index (χ3n) is 4.70. The highest BCUT2D eigenvalue weighted by Crippen LogP contribution is 2.47. The second-order valence-electron chi connectivity index (χ2n) is 6.91. The van der Waals surface area contributed by atoms with E-state index in [4.69, 9.17) is 31.1 Å². The van der Waals surface area contributed by atoms with Crippen molar-refractivity contribution in [2.45, 2.75) is 26.9 Å². The molecule has 0 aliphatic heterocycles. The summed E-state index contributed by atoms with van der Waals surface area (Å²) in [5.41, 5.74) is 8.04. The van der Waals surface area contributed by atoms with Gasteiger partial charge in [0.1, 0.15) is 11.9 Å². The Morgan fingerprint density at radius 1 is 1.06 bits per heavy atom. The van der Waals surface area contributed by atoms with Crippen LogP contribution in [0.5, 0.6) is 5.75 Å². The van der Waals surface area contributed by atoms with Gasteiger partial charge >= 0.3 is 7.60 Å². The zero-order chi connectivity index (χ0) is 23.3. The molecule has 3 aromatic rings. The van der Waals surface area contributed by atoms with E-state index in [0.717, 1.165) is 11.1 Å². The standard InChI is InChI=1S/C23H25ClFN2O4P/c1-4-29-32(28,30-5-2)19-9-6-16(7-10-19)17-12-22(23(26)27-14-17)31-15(3)20-13-18(25)8-11-21(20)24/h6-15H,4-5H2,1-3H3,(H2,26,27). The quantitative estimate of drug-likeness (QED) is 0.371. The maximum absolute atomic E-state index is 13.6. The second kappa shape index (κ2) is 10.5. The number of hydrogen-bond donors (Lipinski definition) is 1. The lowest BCUT2D eigenvalue weighted by Crippen LogP contribution is -2.10. The monoisotopic (exact) mass is 478 g/mol. The third-order valence-corrected chi connectivity index (χ3v) is 7.17. The predicted octanol–water partition coefficient (Wildman–Crippen LogP) is 6.15. The first-order chi connectivity index (χ1) is 15.3. The fraction of sp³-hybridized carbons (Fsp3) is 0.261. The predicted molar refractivity (Wildman–Crippen MR) is 125 cm³/mol. The molecule has 1 heterocycles.